The van der Waals surface area contributed by atoms with Crippen LogP contribution in [0.4, 0.5) is 21.8 Å². The lowest BCUT2D eigenvalue weighted by Gasteiger charge is -2.09. The number of carbonyl (C=O) groups excluding carboxylic acids is 1. The van der Waals surface area contributed by atoms with Crippen LogP contribution < -0.4 is 10.6 Å². The van der Waals surface area contributed by atoms with E-state index in [1.165, 1.54) is 13.0 Å². The number of hydrogen-bond acceptors (Lipinski definition) is 5. The van der Waals surface area contributed by atoms with Gasteiger partial charge in [0.25, 0.3) is 0 Å². The van der Waals surface area contributed by atoms with Crippen LogP contribution in [-0.2, 0) is 6.42 Å². The van der Waals surface area contributed by atoms with Crippen molar-refractivity contribution in [2.45, 2.75) is 13.3 Å². The van der Waals surface area contributed by atoms with Crippen LogP contribution >= 0.6 is 0 Å². The molecule has 1 aromatic heterocycles. The molecule has 0 unspecified atom stereocenters. The molecule has 0 radical (unpaired) electrons. The van der Waals surface area contributed by atoms with Crippen LogP contribution in [0, 0.1) is 5.82 Å². The van der Waals surface area contributed by atoms with Crippen LogP contribution in [0.25, 0.3) is 0 Å². The molecule has 0 bridgehead atoms. The highest BCUT2D eigenvalue weighted by atomic mass is 19.1. The molecule has 0 amide bonds. The van der Waals surface area contributed by atoms with E-state index in [9.17, 15) is 9.18 Å². The molecule has 0 fully saturated rings. The molecule has 0 atom stereocenters. The van der Waals surface area contributed by atoms with Gasteiger partial charge in [0.05, 0.1) is 0 Å². The first-order valence-corrected chi connectivity index (χ1v) is 8.30. The van der Waals surface area contributed by atoms with E-state index in [0.29, 0.717) is 35.9 Å². The highest BCUT2D eigenvalue weighted by molar-refractivity contribution is 5.94. The highest BCUT2D eigenvalue weighted by Gasteiger charge is 2.04. The fourth-order valence-electron chi connectivity index (χ4n) is 2.46. The predicted octanol–water partition coefficient (Wildman–Crippen LogP) is 4.22. The molecule has 5 nitrogen and oxygen atoms in total. The zero-order valence-corrected chi connectivity index (χ0v) is 14.4. The minimum atomic E-state index is -0.201. The first kappa shape index (κ1) is 17.5. The summed E-state index contributed by atoms with van der Waals surface area (Å²) in [6.45, 7) is 2.09. The lowest BCUT2D eigenvalue weighted by Crippen LogP contribution is -2.08. The molecule has 26 heavy (non-hydrogen) atoms. The van der Waals surface area contributed by atoms with E-state index < -0.39 is 0 Å². The monoisotopic (exact) mass is 350 g/mol. The van der Waals surface area contributed by atoms with E-state index in [4.69, 9.17) is 0 Å². The second-order valence-corrected chi connectivity index (χ2v) is 5.79. The van der Waals surface area contributed by atoms with Gasteiger partial charge in [0.15, 0.2) is 5.78 Å². The smallest absolute Gasteiger partial charge is 0.229 e. The van der Waals surface area contributed by atoms with Crippen molar-refractivity contribution in [2.24, 2.45) is 0 Å². The lowest BCUT2D eigenvalue weighted by atomic mass is 10.1. The summed E-state index contributed by atoms with van der Waals surface area (Å²) in [5, 5.41) is 6.26. The maximum atomic E-state index is 13.6. The Morgan fingerprint density at radius 2 is 1.85 bits per heavy atom. The summed E-state index contributed by atoms with van der Waals surface area (Å²) in [4.78, 5) is 19.9. The van der Waals surface area contributed by atoms with Gasteiger partial charge in [-0.15, -0.1) is 0 Å². The van der Waals surface area contributed by atoms with E-state index in [0.717, 1.165) is 5.69 Å². The van der Waals surface area contributed by atoms with Gasteiger partial charge in [-0.05, 0) is 55.3 Å². The van der Waals surface area contributed by atoms with Gasteiger partial charge in [-0.1, -0.05) is 18.2 Å². The summed E-state index contributed by atoms with van der Waals surface area (Å²) >= 11 is 0. The minimum Gasteiger partial charge on any atom is -0.370 e. The Balaban J connectivity index is 1.59. The molecule has 2 N–H and O–H groups in total. The number of hydrogen-bond donors (Lipinski definition) is 2. The van der Waals surface area contributed by atoms with Crippen molar-refractivity contribution in [2.75, 3.05) is 17.2 Å². The number of anilines is 3. The van der Waals surface area contributed by atoms with Crippen molar-refractivity contribution in [1.82, 2.24) is 9.97 Å². The molecule has 0 saturated heterocycles. The van der Waals surface area contributed by atoms with Crippen molar-refractivity contribution in [3.8, 4) is 0 Å². The topological polar surface area (TPSA) is 66.9 Å². The molecule has 1 heterocycles. The van der Waals surface area contributed by atoms with Gasteiger partial charge in [0.1, 0.15) is 11.6 Å². The third kappa shape index (κ3) is 4.63. The first-order chi connectivity index (χ1) is 12.6. The van der Waals surface area contributed by atoms with Gasteiger partial charge in [-0.2, -0.15) is 4.98 Å². The van der Waals surface area contributed by atoms with Crippen LogP contribution in [-0.4, -0.2) is 22.3 Å². The highest BCUT2D eigenvalue weighted by Crippen LogP contribution is 2.15. The first-order valence-electron chi connectivity index (χ1n) is 8.30. The number of aromatic nitrogens is 2. The molecule has 3 aromatic rings. The second-order valence-electron chi connectivity index (χ2n) is 5.79. The summed E-state index contributed by atoms with van der Waals surface area (Å²) in [5.41, 5.74) is 2.11. The summed E-state index contributed by atoms with van der Waals surface area (Å²) in [7, 11) is 0. The molecule has 6 heteroatoms. The predicted molar refractivity (Wildman–Crippen MR) is 100 cm³/mol. The molecule has 0 aliphatic heterocycles. The van der Waals surface area contributed by atoms with E-state index in [1.54, 1.807) is 48.7 Å². The zero-order valence-electron chi connectivity index (χ0n) is 14.4. The van der Waals surface area contributed by atoms with Crippen LogP contribution in [0.5, 0.6) is 0 Å². The zero-order chi connectivity index (χ0) is 18.4. The molecule has 0 saturated carbocycles. The third-order valence-corrected chi connectivity index (χ3v) is 3.86. The Morgan fingerprint density at radius 3 is 2.58 bits per heavy atom. The van der Waals surface area contributed by atoms with Gasteiger partial charge in [0, 0.05) is 24.0 Å². The Morgan fingerprint density at radius 1 is 1.08 bits per heavy atom. The largest absolute Gasteiger partial charge is 0.370 e. The van der Waals surface area contributed by atoms with Gasteiger partial charge in [-0.3, -0.25) is 4.79 Å². The molecular weight excluding hydrogens is 331 g/mol. The van der Waals surface area contributed by atoms with E-state index in [2.05, 4.69) is 20.6 Å². The quantitative estimate of drug-likeness (QED) is 0.625. The fourth-order valence-corrected chi connectivity index (χ4v) is 2.46. The van der Waals surface area contributed by atoms with Crippen LogP contribution in [0.15, 0.2) is 60.8 Å². The molecule has 132 valence electrons. The van der Waals surface area contributed by atoms with Crippen molar-refractivity contribution >= 4 is 23.2 Å². The van der Waals surface area contributed by atoms with Gasteiger partial charge in [0.2, 0.25) is 5.95 Å². The fraction of sp³-hybridized carbons (Fsp3) is 0.150. The summed E-state index contributed by atoms with van der Waals surface area (Å²) in [6, 6.07) is 15.6. The maximum Gasteiger partial charge on any atom is 0.229 e. The third-order valence-electron chi connectivity index (χ3n) is 3.86. The Hall–Kier alpha value is -3.28. The lowest BCUT2D eigenvalue weighted by molar-refractivity contribution is 0.101. The number of halogens is 1. The van der Waals surface area contributed by atoms with Crippen molar-refractivity contribution in [1.29, 1.82) is 0 Å². The Bertz CT molecular complexity index is 896. The number of Topliss-reactive ketones (excluding diaryl/α,β-unsaturated/α-hetero) is 1. The van der Waals surface area contributed by atoms with Crippen LogP contribution in [0.3, 0.4) is 0 Å². The number of ketones is 1. The Kier molecular flexibility index (Phi) is 5.53. The minimum absolute atomic E-state index is 0.0221. The Labute approximate surface area is 151 Å². The molecule has 2 aromatic carbocycles. The van der Waals surface area contributed by atoms with E-state index >= 15 is 0 Å². The maximum absolute atomic E-state index is 13.6. The van der Waals surface area contributed by atoms with Crippen molar-refractivity contribution in [3.63, 3.8) is 0 Å². The van der Waals surface area contributed by atoms with Gasteiger partial charge >= 0.3 is 0 Å². The molecule has 0 aliphatic rings. The summed E-state index contributed by atoms with van der Waals surface area (Å²) < 4.78 is 13.6. The van der Waals surface area contributed by atoms with Gasteiger partial charge in [-0.25, -0.2) is 9.37 Å². The SMILES string of the molecule is CC(=O)c1ccc(Nc2nccc(NCCc3ccccc3F)n2)cc1. The number of nitrogens with one attached hydrogen (secondary N) is 2. The standard InChI is InChI=1S/C20H19FN4O/c1-14(26)15-6-8-17(9-7-15)24-20-23-13-11-19(25-20)22-12-10-16-4-2-3-5-18(16)21/h2-9,11,13H,10,12H2,1H3,(H2,22,23,24,25). The second kappa shape index (κ2) is 8.20. The number of nitrogens with zero attached hydrogens (tertiary/aromatic N) is 2. The van der Waals surface area contributed by atoms with Gasteiger partial charge < -0.3 is 10.6 Å². The molecular formula is C20H19FN4O. The molecule has 0 spiro atoms. The number of carbonyl (C=O) groups is 1. The van der Waals surface area contributed by atoms with Crippen LogP contribution in [0.1, 0.15) is 22.8 Å². The number of benzene rings is 2. The van der Waals surface area contributed by atoms with Crippen molar-refractivity contribution in [3.05, 3.63) is 77.7 Å². The summed E-state index contributed by atoms with van der Waals surface area (Å²) in [6.07, 6.45) is 2.21. The molecule has 3 rings (SSSR count). The van der Waals surface area contributed by atoms with E-state index in [-0.39, 0.29) is 11.6 Å². The average Bonchev–Trinajstić information content (AvgIpc) is 2.64. The molecule has 0 aliphatic carbocycles. The van der Waals surface area contributed by atoms with Crippen LogP contribution in [0.2, 0.25) is 0 Å². The summed E-state index contributed by atoms with van der Waals surface area (Å²) in [5.74, 6) is 0.915. The average molecular weight is 350 g/mol. The van der Waals surface area contributed by atoms with Crippen molar-refractivity contribution < 1.29 is 9.18 Å². The normalized spacial score (nSPS) is 10.4. The number of rotatable bonds is 7. The van der Waals surface area contributed by atoms with E-state index in [1.807, 2.05) is 6.07 Å².